The Kier molecular flexibility index (Phi) is 4.13. The first-order chi connectivity index (χ1) is 9.38. The lowest BCUT2D eigenvalue weighted by Gasteiger charge is -2.35. The molecule has 1 aliphatic carbocycles. The van der Waals surface area contributed by atoms with Crippen molar-refractivity contribution in [1.82, 2.24) is 0 Å². The summed E-state index contributed by atoms with van der Waals surface area (Å²) in [5.41, 5.74) is 5.78. The first-order valence-corrected chi connectivity index (χ1v) is 6.89. The zero-order valence-electron chi connectivity index (χ0n) is 11.6. The van der Waals surface area contributed by atoms with E-state index in [1.54, 1.807) is 6.07 Å². The van der Waals surface area contributed by atoms with Crippen LogP contribution in [0.3, 0.4) is 0 Å². The summed E-state index contributed by atoms with van der Waals surface area (Å²) in [5.74, 6) is 0.505. The maximum atomic E-state index is 10.8. The molecule has 0 heterocycles. The Morgan fingerprint density at radius 1 is 1.55 bits per heavy atom. The third-order valence-electron chi connectivity index (χ3n) is 3.84. The van der Waals surface area contributed by atoms with Gasteiger partial charge in [0.1, 0.15) is 0 Å². The van der Waals surface area contributed by atoms with Gasteiger partial charge < -0.3 is 16.2 Å². The molecule has 20 heavy (non-hydrogen) atoms. The lowest BCUT2D eigenvalue weighted by atomic mass is 9.79. The summed E-state index contributed by atoms with van der Waals surface area (Å²) < 4.78 is 0. The fraction of sp³-hybridized carbons (Fsp3) is 0.571. The summed E-state index contributed by atoms with van der Waals surface area (Å²) in [4.78, 5) is 10.3. The van der Waals surface area contributed by atoms with Gasteiger partial charge in [0.05, 0.1) is 10.5 Å². The van der Waals surface area contributed by atoms with E-state index in [2.05, 4.69) is 12.2 Å². The number of anilines is 2. The summed E-state index contributed by atoms with van der Waals surface area (Å²) in [6.07, 6.45) is 3.67. The first kappa shape index (κ1) is 14.6. The number of nitro benzene ring substituents is 1. The number of non-ortho nitro benzene ring substituents is 1. The van der Waals surface area contributed by atoms with E-state index in [-0.39, 0.29) is 5.69 Å². The molecule has 6 heteroatoms. The van der Waals surface area contributed by atoms with Gasteiger partial charge in [-0.15, -0.1) is 0 Å². The standard InChI is InChI=1S/C14H21N3O3/c1-10-3-2-4-14(18,8-10)9-16-12-5-11(15)6-13(7-12)17(19)20/h5-7,10,16,18H,2-4,8-9,15H2,1H3. The zero-order valence-corrected chi connectivity index (χ0v) is 11.6. The second-order valence-electron chi connectivity index (χ2n) is 5.85. The summed E-state index contributed by atoms with van der Waals surface area (Å²) in [6.45, 7) is 2.52. The first-order valence-electron chi connectivity index (χ1n) is 6.89. The number of nitrogens with zero attached hydrogens (tertiary/aromatic N) is 1. The number of nitrogen functional groups attached to an aromatic ring is 1. The maximum absolute atomic E-state index is 10.8. The van der Waals surface area contributed by atoms with Crippen LogP contribution in [0.2, 0.25) is 0 Å². The van der Waals surface area contributed by atoms with Crippen molar-refractivity contribution in [3.63, 3.8) is 0 Å². The van der Waals surface area contributed by atoms with Gasteiger partial charge in [0.25, 0.3) is 5.69 Å². The molecular formula is C14H21N3O3. The van der Waals surface area contributed by atoms with Crippen LogP contribution in [-0.4, -0.2) is 22.2 Å². The second-order valence-corrected chi connectivity index (χ2v) is 5.85. The number of nitrogens with two attached hydrogens (primary N) is 1. The second kappa shape index (κ2) is 5.66. The van der Waals surface area contributed by atoms with Crippen molar-refractivity contribution in [3.8, 4) is 0 Å². The Morgan fingerprint density at radius 3 is 2.95 bits per heavy atom. The monoisotopic (exact) mass is 279 g/mol. The smallest absolute Gasteiger partial charge is 0.273 e. The number of benzene rings is 1. The normalized spacial score (nSPS) is 26.2. The topological polar surface area (TPSA) is 101 Å². The van der Waals surface area contributed by atoms with Crippen molar-refractivity contribution in [3.05, 3.63) is 28.3 Å². The quantitative estimate of drug-likeness (QED) is 0.446. The van der Waals surface area contributed by atoms with E-state index in [0.29, 0.717) is 23.8 Å². The molecule has 0 saturated heterocycles. The number of aliphatic hydroxyl groups is 1. The van der Waals surface area contributed by atoms with Gasteiger partial charge in [0.15, 0.2) is 0 Å². The van der Waals surface area contributed by atoms with Crippen molar-refractivity contribution in [2.24, 2.45) is 5.92 Å². The van der Waals surface area contributed by atoms with E-state index < -0.39 is 10.5 Å². The maximum Gasteiger partial charge on any atom is 0.273 e. The summed E-state index contributed by atoms with van der Waals surface area (Å²) in [6, 6.07) is 4.40. The van der Waals surface area contributed by atoms with Gasteiger partial charge in [-0.25, -0.2) is 0 Å². The van der Waals surface area contributed by atoms with Crippen LogP contribution in [0.15, 0.2) is 18.2 Å². The average Bonchev–Trinajstić information content (AvgIpc) is 2.35. The highest BCUT2D eigenvalue weighted by Gasteiger charge is 2.32. The largest absolute Gasteiger partial charge is 0.398 e. The van der Waals surface area contributed by atoms with Crippen molar-refractivity contribution in [2.45, 2.75) is 38.2 Å². The Bertz CT molecular complexity index is 506. The highest BCUT2D eigenvalue weighted by molar-refractivity contribution is 5.61. The molecule has 110 valence electrons. The Hall–Kier alpha value is -1.82. The van der Waals surface area contributed by atoms with E-state index >= 15 is 0 Å². The van der Waals surface area contributed by atoms with Crippen LogP contribution < -0.4 is 11.1 Å². The molecular weight excluding hydrogens is 258 g/mol. The van der Waals surface area contributed by atoms with Crippen LogP contribution in [-0.2, 0) is 0 Å². The SMILES string of the molecule is CC1CCCC(O)(CNc2cc(N)cc([N+](=O)[O-])c2)C1. The van der Waals surface area contributed by atoms with E-state index in [9.17, 15) is 15.2 Å². The van der Waals surface area contributed by atoms with Crippen LogP contribution in [0, 0.1) is 16.0 Å². The van der Waals surface area contributed by atoms with Crippen LogP contribution in [0.4, 0.5) is 17.1 Å². The van der Waals surface area contributed by atoms with Gasteiger partial charge in [-0.1, -0.05) is 19.8 Å². The number of rotatable bonds is 4. The van der Waals surface area contributed by atoms with Gasteiger partial charge >= 0.3 is 0 Å². The molecule has 0 amide bonds. The molecule has 0 bridgehead atoms. The minimum atomic E-state index is -0.739. The average molecular weight is 279 g/mol. The number of hydrogen-bond donors (Lipinski definition) is 3. The van der Waals surface area contributed by atoms with Crippen LogP contribution in [0.1, 0.15) is 32.6 Å². The molecule has 2 rings (SSSR count). The van der Waals surface area contributed by atoms with Crippen molar-refractivity contribution < 1.29 is 10.0 Å². The fourth-order valence-corrected chi connectivity index (χ4v) is 2.90. The van der Waals surface area contributed by atoms with E-state index in [4.69, 9.17) is 5.73 Å². The molecule has 4 N–H and O–H groups in total. The third-order valence-corrected chi connectivity index (χ3v) is 3.84. The van der Waals surface area contributed by atoms with Crippen molar-refractivity contribution in [2.75, 3.05) is 17.6 Å². The van der Waals surface area contributed by atoms with Crippen LogP contribution in [0.5, 0.6) is 0 Å². The lowest BCUT2D eigenvalue weighted by molar-refractivity contribution is -0.384. The Balaban J connectivity index is 2.05. The van der Waals surface area contributed by atoms with E-state index in [1.165, 1.54) is 12.1 Å². The molecule has 1 aromatic carbocycles. The Morgan fingerprint density at radius 2 is 2.30 bits per heavy atom. The molecule has 1 aromatic rings. The molecule has 1 saturated carbocycles. The molecule has 2 atom stereocenters. The summed E-state index contributed by atoms with van der Waals surface area (Å²) >= 11 is 0. The van der Waals surface area contributed by atoms with E-state index in [1.807, 2.05) is 0 Å². The minimum Gasteiger partial charge on any atom is -0.398 e. The molecule has 0 aromatic heterocycles. The molecule has 0 aliphatic heterocycles. The molecule has 1 aliphatic rings. The van der Waals surface area contributed by atoms with Crippen LogP contribution in [0.25, 0.3) is 0 Å². The number of hydrogen-bond acceptors (Lipinski definition) is 5. The molecule has 1 fully saturated rings. The third kappa shape index (κ3) is 3.60. The van der Waals surface area contributed by atoms with Gasteiger partial charge in [-0.05, 0) is 24.8 Å². The Labute approximate surface area is 118 Å². The van der Waals surface area contributed by atoms with E-state index in [0.717, 1.165) is 25.7 Å². The fourth-order valence-electron chi connectivity index (χ4n) is 2.90. The van der Waals surface area contributed by atoms with Crippen LogP contribution >= 0.6 is 0 Å². The predicted molar refractivity (Wildman–Crippen MR) is 78.6 cm³/mol. The van der Waals surface area contributed by atoms with Gasteiger partial charge in [-0.2, -0.15) is 0 Å². The number of nitro groups is 1. The van der Waals surface area contributed by atoms with Gasteiger partial charge in [-0.3, -0.25) is 10.1 Å². The van der Waals surface area contributed by atoms with Crippen molar-refractivity contribution in [1.29, 1.82) is 0 Å². The summed E-state index contributed by atoms with van der Waals surface area (Å²) in [7, 11) is 0. The predicted octanol–water partition coefficient (Wildman–Crippen LogP) is 2.53. The molecule has 2 unspecified atom stereocenters. The van der Waals surface area contributed by atoms with Crippen molar-refractivity contribution >= 4 is 17.1 Å². The number of nitrogens with one attached hydrogen (secondary N) is 1. The molecule has 6 nitrogen and oxygen atoms in total. The zero-order chi connectivity index (χ0) is 14.8. The van der Waals surface area contributed by atoms with Gasteiger partial charge in [0.2, 0.25) is 0 Å². The lowest BCUT2D eigenvalue weighted by Crippen LogP contribution is -2.41. The highest BCUT2D eigenvalue weighted by Crippen LogP contribution is 2.32. The summed E-state index contributed by atoms with van der Waals surface area (Å²) in [5, 5.41) is 24.4. The highest BCUT2D eigenvalue weighted by atomic mass is 16.6. The van der Waals surface area contributed by atoms with Gasteiger partial charge in [0, 0.05) is 30.1 Å². The molecule has 0 radical (unpaired) electrons. The minimum absolute atomic E-state index is 0.0449. The molecule has 0 spiro atoms.